The van der Waals surface area contributed by atoms with Gasteiger partial charge < -0.3 is 4.74 Å². The van der Waals surface area contributed by atoms with Crippen molar-refractivity contribution in [1.82, 2.24) is 10.2 Å². The summed E-state index contributed by atoms with van der Waals surface area (Å²) in [6.45, 7) is 0. The molecule has 3 nitrogen and oxygen atoms in total. The van der Waals surface area contributed by atoms with Crippen molar-refractivity contribution in [3.05, 3.63) is 52.0 Å². The summed E-state index contributed by atoms with van der Waals surface area (Å²) in [5, 5.41) is 7.88. The predicted octanol–water partition coefficient (Wildman–Crippen LogP) is 4.10. The van der Waals surface area contributed by atoms with Gasteiger partial charge >= 0.3 is 0 Å². The van der Waals surface area contributed by atoms with Crippen LogP contribution in [0.15, 0.2) is 42.5 Å². The van der Waals surface area contributed by atoms with Gasteiger partial charge in [-0.2, -0.15) is 5.10 Å². The number of H-pyrrole nitrogens is 1. The lowest BCUT2D eigenvalue weighted by Gasteiger charge is -2.07. The van der Waals surface area contributed by atoms with E-state index in [1.165, 1.54) is 6.07 Å². The number of ether oxygens (including phenoxy) is 1. The molecule has 0 amide bonds. The van der Waals surface area contributed by atoms with Crippen LogP contribution in [-0.4, -0.2) is 10.2 Å². The van der Waals surface area contributed by atoms with Crippen LogP contribution in [0.2, 0.25) is 0 Å². The van der Waals surface area contributed by atoms with Crippen molar-refractivity contribution in [1.29, 1.82) is 0 Å². The maximum Gasteiger partial charge on any atom is 0.165 e. The quantitative estimate of drug-likeness (QED) is 0.704. The molecule has 1 heterocycles. The molecule has 3 aromatic rings. The van der Waals surface area contributed by atoms with Gasteiger partial charge in [-0.3, -0.25) is 5.10 Å². The Labute approximate surface area is 116 Å². The van der Waals surface area contributed by atoms with Gasteiger partial charge in [0.1, 0.15) is 9.45 Å². The molecule has 0 saturated carbocycles. The molecular weight excluding hydrogens is 346 g/mol. The number of benzene rings is 2. The number of aromatic nitrogens is 2. The number of nitrogens with zero attached hydrogens (tertiary/aromatic N) is 1. The lowest BCUT2D eigenvalue weighted by atomic mass is 10.2. The molecule has 1 N–H and O–H groups in total. The third-order valence-electron chi connectivity index (χ3n) is 2.55. The standard InChI is InChI=1S/C13H8FIN2O/c14-8-4-1-2-6-10(8)18-11-7-3-5-9-12(11)13(15)17-16-9/h1-7H,(H,16,17). The molecular formula is C13H8FIN2O. The molecule has 0 saturated heterocycles. The van der Waals surface area contributed by atoms with Gasteiger partial charge in [-0.15, -0.1) is 0 Å². The van der Waals surface area contributed by atoms with E-state index in [4.69, 9.17) is 4.74 Å². The Balaban J connectivity index is 2.10. The SMILES string of the molecule is Fc1ccccc1Oc1cccc2n[nH]c(I)c12. The first-order valence-electron chi connectivity index (χ1n) is 5.30. The smallest absolute Gasteiger partial charge is 0.165 e. The van der Waals surface area contributed by atoms with E-state index in [9.17, 15) is 4.39 Å². The average molecular weight is 354 g/mol. The van der Waals surface area contributed by atoms with Crippen LogP contribution in [-0.2, 0) is 0 Å². The van der Waals surface area contributed by atoms with Crippen LogP contribution in [0.5, 0.6) is 11.5 Å². The zero-order valence-corrected chi connectivity index (χ0v) is 11.3. The normalized spacial score (nSPS) is 10.8. The molecule has 0 bridgehead atoms. The van der Waals surface area contributed by atoms with E-state index < -0.39 is 0 Å². The Bertz CT molecular complexity index is 711. The minimum atomic E-state index is -0.381. The second-order valence-corrected chi connectivity index (χ2v) is 4.80. The third-order valence-corrected chi connectivity index (χ3v) is 3.34. The summed E-state index contributed by atoms with van der Waals surface area (Å²) in [7, 11) is 0. The monoisotopic (exact) mass is 354 g/mol. The summed E-state index contributed by atoms with van der Waals surface area (Å²) in [4.78, 5) is 0. The van der Waals surface area contributed by atoms with E-state index >= 15 is 0 Å². The molecule has 2 aromatic carbocycles. The lowest BCUT2D eigenvalue weighted by Crippen LogP contribution is -1.88. The fourth-order valence-corrected chi connectivity index (χ4v) is 2.39. The van der Waals surface area contributed by atoms with Gasteiger partial charge in [-0.1, -0.05) is 18.2 Å². The summed E-state index contributed by atoms with van der Waals surface area (Å²) >= 11 is 2.14. The molecule has 0 radical (unpaired) electrons. The van der Waals surface area contributed by atoms with Crippen LogP contribution in [0, 0.1) is 9.52 Å². The van der Waals surface area contributed by atoms with Crippen molar-refractivity contribution in [3.8, 4) is 11.5 Å². The summed E-state index contributed by atoms with van der Waals surface area (Å²) in [6.07, 6.45) is 0. The van der Waals surface area contributed by atoms with Crippen molar-refractivity contribution < 1.29 is 9.13 Å². The summed E-state index contributed by atoms with van der Waals surface area (Å²) in [6, 6.07) is 11.8. The van der Waals surface area contributed by atoms with Gasteiger partial charge in [0.15, 0.2) is 11.6 Å². The lowest BCUT2D eigenvalue weighted by molar-refractivity contribution is 0.446. The van der Waals surface area contributed by atoms with E-state index in [-0.39, 0.29) is 11.6 Å². The maximum atomic E-state index is 13.6. The first-order chi connectivity index (χ1) is 8.75. The second kappa shape index (κ2) is 4.56. The molecule has 0 atom stereocenters. The molecule has 0 fully saturated rings. The summed E-state index contributed by atoms with van der Waals surface area (Å²) in [5.74, 6) is 0.422. The highest BCUT2D eigenvalue weighted by atomic mass is 127. The van der Waals surface area contributed by atoms with Crippen LogP contribution in [0.25, 0.3) is 10.9 Å². The van der Waals surface area contributed by atoms with Gasteiger partial charge in [-0.25, -0.2) is 4.39 Å². The fraction of sp³-hybridized carbons (Fsp3) is 0. The highest BCUT2D eigenvalue weighted by molar-refractivity contribution is 14.1. The largest absolute Gasteiger partial charge is 0.453 e. The van der Waals surface area contributed by atoms with Crippen molar-refractivity contribution in [2.75, 3.05) is 0 Å². The van der Waals surface area contributed by atoms with E-state index in [0.29, 0.717) is 5.75 Å². The molecule has 90 valence electrons. The summed E-state index contributed by atoms with van der Waals surface area (Å²) in [5.41, 5.74) is 0.799. The number of para-hydroxylation sites is 1. The number of fused-ring (bicyclic) bond motifs is 1. The van der Waals surface area contributed by atoms with Crippen LogP contribution in [0.3, 0.4) is 0 Å². The Morgan fingerprint density at radius 1 is 1.06 bits per heavy atom. The van der Waals surface area contributed by atoms with E-state index in [1.807, 2.05) is 12.1 Å². The number of hydrogen-bond acceptors (Lipinski definition) is 2. The van der Waals surface area contributed by atoms with Crippen LogP contribution in [0.1, 0.15) is 0 Å². The molecule has 3 rings (SSSR count). The second-order valence-electron chi connectivity index (χ2n) is 3.72. The third kappa shape index (κ3) is 1.94. The fourth-order valence-electron chi connectivity index (χ4n) is 1.73. The molecule has 0 aliphatic heterocycles. The summed E-state index contributed by atoms with van der Waals surface area (Å²) < 4.78 is 20.0. The zero-order chi connectivity index (χ0) is 12.5. The minimum absolute atomic E-state index is 0.210. The topological polar surface area (TPSA) is 37.9 Å². The first kappa shape index (κ1) is 11.5. The van der Waals surface area contributed by atoms with Crippen molar-refractivity contribution in [2.45, 2.75) is 0 Å². The number of rotatable bonds is 2. The molecule has 18 heavy (non-hydrogen) atoms. The average Bonchev–Trinajstić information content (AvgIpc) is 2.75. The molecule has 0 aliphatic carbocycles. The number of halogens is 2. The molecule has 0 aliphatic rings. The Kier molecular flexibility index (Phi) is 2.91. The molecule has 5 heteroatoms. The predicted molar refractivity (Wildman–Crippen MR) is 75.3 cm³/mol. The van der Waals surface area contributed by atoms with E-state index in [0.717, 1.165) is 14.6 Å². The Hall–Kier alpha value is -1.63. The zero-order valence-electron chi connectivity index (χ0n) is 9.15. The van der Waals surface area contributed by atoms with E-state index in [1.54, 1.807) is 24.3 Å². The number of hydrogen-bond donors (Lipinski definition) is 1. The molecule has 0 spiro atoms. The number of aromatic amines is 1. The van der Waals surface area contributed by atoms with Gasteiger partial charge in [0.25, 0.3) is 0 Å². The van der Waals surface area contributed by atoms with Crippen LogP contribution in [0.4, 0.5) is 4.39 Å². The van der Waals surface area contributed by atoms with Crippen molar-refractivity contribution >= 4 is 33.5 Å². The Morgan fingerprint density at radius 3 is 2.67 bits per heavy atom. The van der Waals surface area contributed by atoms with Crippen LogP contribution >= 0.6 is 22.6 Å². The number of nitrogens with one attached hydrogen (secondary N) is 1. The van der Waals surface area contributed by atoms with Gasteiger partial charge in [0, 0.05) is 0 Å². The molecule has 0 unspecified atom stereocenters. The van der Waals surface area contributed by atoms with Gasteiger partial charge in [0.05, 0.1) is 10.9 Å². The van der Waals surface area contributed by atoms with Crippen molar-refractivity contribution in [2.24, 2.45) is 0 Å². The van der Waals surface area contributed by atoms with Gasteiger partial charge in [-0.05, 0) is 46.9 Å². The maximum absolute atomic E-state index is 13.6. The van der Waals surface area contributed by atoms with Crippen molar-refractivity contribution in [3.63, 3.8) is 0 Å². The van der Waals surface area contributed by atoms with Gasteiger partial charge in [0.2, 0.25) is 0 Å². The first-order valence-corrected chi connectivity index (χ1v) is 6.38. The Morgan fingerprint density at radius 2 is 1.83 bits per heavy atom. The highest BCUT2D eigenvalue weighted by Crippen LogP contribution is 2.32. The van der Waals surface area contributed by atoms with E-state index in [2.05, 4.69) is 32.8 Å². The highest BCUT2D eigenvalue weighted by Gasteiger charge is 2.11. The molecule has 1 aromatic heterocycles. The minimum Gasteiger partial charge on any atom is -0.453 e. The van der Waals surface area contributed by atoms with Crippen LogP contribution < -0.4 is 4.74 Å².